The molecule has 1 amide bonds. The molecular weight excluding hydrogens is 428 g/mol. The van der Waals surface area contributed by atoms with Crippen LogP contribution in [-0.2, 0) is 4.79 Å². The molecule has 180 valence electrons. The molecule has 0 unspecified atom stereocenters. The smallest absolute Gasteiger partial charge is 0.246 e. The third kappa shape index (κ3) is 4.55. The Bertz CT molecular complexity index is 1200. The molecule has 6 heteroatoms. The highest BCUT2D eigenvalue weighted by atomic mass is 16.5. The van der Waals surface area contributed by atoms with Gasteiger partial charge in [-0.05, 0) is 45.0 Å². The second-order valence-corrected chi connectivity index (χ2v) is 8.62. The number of carbonyl (C=O) groups excluding carboxylic acids is 1. The molecule has 2 heterocycles. The molecule has 1 fully saturated rings. The molecule has 0 atom stereocenters. The molecule has 0 spiro atoms. The van der Waals surface area contributed by atoms with Gasteiger partial charge in [-0.2, -0.15) is 0 Å². The normalized spacial score (nSPS) is 15.1. The Morgan fingerprint density at radius 1 is 1.12 bits per heavy atom. The van der Waals surface area contributed by atoms with Gasteiger partial charge in [-0.15, -0.1) is 0 Å². The molecule has 1 aliphatic rings. The Morgan fingerprint density at radius 2 is 1.85 bits per heavy atom. The molecule has 0 saturated carbocycles. The Kier molecular flexibility index (Phi) is 7.27. The lowest BCUT2D eigenvalue weighted by molar-refractivity contribution is -0.127. The average Bonchev–Trinajstić information content (AvgIpc) is 3.29. The minimum Gasteiger partial charge on any atom is -0.496 e. The van der Waals surface area contributed by atoms with E-state index < -0.39 is 0 Å². The van der Waals surface area contributed by atoms with E-state index in [1.54, 1.807) is 19.4 Å². The Hall–Kier alpha value is -3.25. The molecule has 0 bridgehead atoms. The van der Waals surface area contributed by atoms with E-state index in [0.29, 0.717) is 6.61 Å². The number of nitrogens with zero attached hydrogens (tertiary/aromatic N) is 2. The summed E-state index contributed by atoms with van der Waals surface area (Å²) >= 11 is 0. The van der Waals surface area contributed by atoms with Gasteiger partial charge >= 0.3 is 0 Å². The van der Waals surface area contributed by atoms with Gasteiger partial charge in [0, 0.05) is 59.9 Å². The van der Waals surface area contributed by atoms with Gasteiger partial charge < -0.3 is 23.7 Å². The first kappa shape index (κ1) is 23.9. The van der Waals surface area contributed by atoms with Crippen molar-refractivity contribution in [3.8, 4) is 22.6 Å². The first-order valence-corrected chi connectivity index (χ1v) is 12.0. The summed E-state index contributed by atoms with van der Waals surface area (Å²) in [4.78, 5) is 17.4. The highest BCUT2D eigenvalue weighted by molar-refractivity contribution is 6.02. The largest absolute Gasteiger partial charge is 0.496 e. The number of amides is 1. The van der Waals surface area contributed by atoms with Crippen LogP contribution in [0.15, 0.2) is 47.1 Å². The van der Waals surface area contributed by atoms with E-state index in [9.17, 15) is 4.79 Å². The molecule has 6 nitrogen and oxygen atoms in total. The SMILES string of the molecule is CCOc1c(/C(C)=C/C(=O)N2CCN(CC)CC2)cc2c(-c3ccccc3OC)coc2c1C. The van der Waals surface area contributed by atoms with Crippen LogP contribution >= 0.6 is 0 Å². The van der Waals surface area contributed by atoms with Crippen molar-refractivity contribution in [2.75, 3.05) is 46.4 Å². The van der Waals surface area contributed by atoms with Gasteiger partial charge in [0.1, 0.15) is 17.1 Å². The summed E-state index contributed by atoms with van der Waals surface area (Å²) in [6.45, 7) is 13.0. The van der Waals surface area contributed by atoms with Gasteiger partial charge in [-0.25, -0.2) is 0 Å². The molecule has 1 aliphatic heterocycles. The molecular formula is C28H34N2O4. The minimum absolute atomic E-state index is 0.0468. The second kappa shape index (κ2) is 10.3. The van der Waals surface area contributed by atoms with Crippen molar-refractivity contribution < 1.29 is 18.7 Å². The van der Waals surface area contributed by atoms with E-state index in [4.69, 9.17) is 13.9 Å². The predicted molar refractivity (Wildman–Crippen MR) is 136 cm³/mol. The summed E-state index contributed by atoms with van der Waals surface area (Å²) in [5.74, 6) is 1.59. The Labute approximate surface area is 201 Å². The van der Waals surface area contributed by atoms with E-state index in [1.807, 2.05) is 49.9 Å². The van der Waals surface area contributed by atoms with Crippen LogP contribution in [0.4, 0.5) is 0 Å². The maximum absolute atomic E-state index is 13.1. The van der Waals surface area contributed by atoms with Gasteiger partial charge in [-0.1, -0.05) is 25.1 Å². The maximum Gasteiger partial charge on any atom is 0.246 e. The summed E-state index contributed by atoms with van der Waals surface area (Å²) < 4.78 is 17.7. The summed E-state index contributed by atoms with van der Waals surface area (Å²) in [5, 5.41) is 0.970. The number of allylic oxidation sites excluding steroid dienone is 1. The lowest BCUT2D eigenvalue weighted by atomic mass is 9.96. The number of aryl methyl sites for hydroxylation is 1. The lowest BCUT2D eigenvalue weighted by Crippen LogP contribution is -2.48. The fraction of sp³-hybridized carbons (Fsp3) is 0.393. The quantitative estimate of drug-likeness (QED) is 0.441. The van der Waals surface area contributed by atoms with Gasteiger partial charge in [-0.3, -0.25) is 4.79 Å². The van der Waals surface area contributed by atoms with Crippen molar-refractivity contribution in [1.82, 2.24) is 9.80 Å². The lowest BCUT2D eigenvalue weighted by Gasteiger charge is -2.33. The Balaban J connectivity index is 1.77. The summed E-state index contributed by atoms with van der Waals surface area (Å²) in [6.07, 6.45) is 3.51. The fourth-order valence-corrected chi connectivity index (χ4v) is 4.65. The highest BCUT2D eigenvalue weighted by Gasteiger charge is 2.22. The number of carbonyl (C=O) groups is 1. The monoisotopic (exact) mass is 462 g/mol. The molecule has 3 aromatic rings. The van der Waals surface area contributed by atoms with Crippen molar-refractivity contribution in [2.24, 2.45) is 0 Å². The predicted octanol–water partition coefficient (Wildman–Crippen LogP) is 5.38. The zero-order valence-corrected chi connectivity index (χ0v) is 20.8. The molecule has 0 aliphatic carbocycles. The number of piperazine rings is 1. The number of hydrogen-bond acceptors (Lipinski definition) is 5. The van der Waals surface area contributed by atoms with Crippen molar-refractivity contribution in [2.45, 2.75) is 27.7 Å². The van der Waals surface area contributed by atoms with E-state index in [0.717, 1.165) is 83.0 Å². The maximum atomic E-state index is 13.1. The van der Waals surface area contributed by atoms with E-state index in [2.05, 4.69) is 17.9 Å². The first-order valence-electron chi connectivity index (χ1n) is 12.0. The van der Waals surface area contributed by atoms with Crippen molar-refractivity contribution in [3.63, 3.8) is 0 Å². The second-order valence-electron chi connectivity index (χ2n) is 8.62. The molecule has 0 N–H and O–H groups in total. The van der Waals surface area contributed by atoms with Crippen molar-refractivity contribution in [1.29, 1.82) is 0 Å². The Morgan fingerprint density at radius 3 is 2.53 bits per heavy atom. The van der Waals surface area contributed by atoms with Crippen LogP contribution in [0, 0.1) is 6.92 Å². The van der Waals surface area contributed by atoms with Crippen molar-refractivity contribution >= 4 is 22.4 Å². The summed E-state index contributed by atoms with van der Waals surface area (Å²) in [6, 6.07) is 9.98. The third-order valence-corrected chi connectivity index (χ3v) is 6.63. The standard InChI is InChI=1S/C28H34N2O4/c1-6-29-12-14-30(15-13-29)26(31)16-19(3)22-17-23-24(21-10-8-9-11-25(21)32-5)18-34-28(23)20(4)27(22)33-7-2/h8-11,16-18H,6-7,12-15H2,1-5H3/b19-16+. The van der Waals surface area contributed by atoms with Crippen LogP contribution in [0.3, 0.4) is 0 Å². The molecule has 4 rings (SSSR count). The average molecular weight is 463 g/mol. The van der Waals surface area contributed by atoms with Gasteiger partial charge in [0.25, 0.3) is 0 Å². The molecule has 34 heavy (non-hydrogen) atoms. The van der Waals surface area contributed by atoms with E-state index in [1.165, 1.54) is 0 Å². The number of hydrogen-bond donors (Lipinski definition) is 0. The van der Waals surface area contributed by atoms with Crippen LogP contribution in [0.1, 0.15) is 31.9 Å². The van der Waals surface area contributed by atoms with Crippen LogP contribution in [-0.4, -0.2) is 62.1 Å². The number of furan rings is 1. The number of likely N-dealkylation sites (N-methyl/N-ethyl adjacent to an activating group) is 1. The fourth-order valence-electron chi connectivity index (χ4n) is 4.65. The topological polar surface area (TPSA) is 55.2 Å². The van der Waals surface area contributed by atoms with Gasteiger partial charge in [0.2, 0.25) is 5.91 Å². The van der Waals surface area contributed by atoms with Crippen molar-refractivity contribution in [3.05, 3.63) is 53.8 Å². The van der Waals surface area contributed by atoms with Crippen LogP contribution in [0.5, 0.6) is 11.5 Å². The van der Waals surface area contributed by atoms with E-state index >= 15 is 0 Å². The summed E-state index contributed by atoms with van der Waals surface area (Å²) in [7, 11) is 1.67. The zero-order chi connectivity index (χ0) is 24.2. The first-order chi connectivity index (χ1) is 16.5. The number of rotatable bonds is 7. The minimum atomic E-state index is 0.0468. The number of benzene rings is 2. The molecule has 1 aromatic heterocycles. The molecule has 1 saturated heterocycles. The third-order valence-electron chi connectivity index (χ3n) is 6.63. The summed E-state index contributed by atoms with van der Waals surface area (Å²) in [5.41, 5.74) is 5.41. The number of methoxy groups -OCH3 is 1. The van der Waals surface area contributed by atoms with Gasteiger partial charge in [0.05, 0.1) is 20.0 Å². The van der Waals surface area contributed by atoms with E-state index in [-0.39, 0.29) is 5.91 Å². The zero-order valence-electron chi connectivity index (χ0n) is 20.8. The number of ether oxygens (including phenoxy) is 2. The number of fused-ring (bicyclic) bond motifs is 1. The van der Waals surface area contributed by atoms with Crippen LogP contribution in [0.2, 0.25) is 0 Å². The number of para-hydroxylation sites is 1. The van der Waals surface area contributed by atoms with Crippen LogP contribution in [0.25, 0.3) is 27.7 Å². The van der Waals surface area contributed by atoms with Gasteiger partial charge in [0.15, 0.2) is 0 Å². The van der Waals surface area contributed by atoms with Crippen LogP contribution < -0.4 is 9.47 Å². The molecule has 0 radical (unpaired) electrons. The highest BCUT2D eigenvalue weighted by Crippen LogP contribution is 2.42. The molecule has 2 aromatic carbocycles.